The molecule has 0 atom stereocenters. The molecule has 0 aromatic rings. The zero-order valence-corrected chi connectivity index (χ0v) is 12.1. The summed E-state index contributed by atoms with van der Waals surface area (Å²) >= 11 is 1.63. The van der Waals surface area contributed by atoms with Crippen molar-refractivity contribution in [2.24, 2.45) is 5.73 Å². The van der Waals surface area contributed by atoms with Gasteiger partial charge >= 0.3 is 0 Å². The third-order valence-corrected chi connectivity index (χ3v) is 5.08. The van der Waals surface area contributed by atoms with Gasteiger partial charge in [-0.15, -0.1) is 0 Å². The first-order valence-corrected chi connectivity index (χ1v) is 7.88. The molecule has 0 saturated carbocycles. The van der Waals surface area contributed by atoms with Gasteiger partial charge in [0.05, 0.1) is 0 Å². The number of thioether (sulfide) groups is 1. The van der Waals surface area contributed by atoms with Crippen LogP contribution in [0.3, 0.4) is 0 Å². The largest absolute Gasteiger partial charge is 0.330 e. The van der Waals surface area contributed by atoms with Gasteiger partial charge < -0.3 is 5.73 Å². The van der Waals surface area contributed by atoms with E-state index in [1.807, 2.05) is 20.1 Å². The van der Waals surface area contributed by atoms with Crippen LogP contribution in [0.15, 0.2) is 0 Å². The summed E-state index contributed by atoms with van der Waals surface area (Å²) in [6.45, 7) is 5.37. The fraction of sp³-hybridized carbons (Fsp3) is 1.00. The zero-order valence-electron chi connectivity index (χ0n) is 10.5. The summed E-state index contributed by atoms with van der Waals surface area (Å²) < 4.78 is 27.3. The van der Waals surface area contributed by atoms with Crippen LogP contribution in [0.25, 0.3) is 0 Å². The van der Waals surface area contributed by atoms with Crippen molar-refractivity contribution >= 4 is 22.0 Å². The SMILES string of the molecule is CSC(C)(C)CNS(=O)(=O)N(C)CCCN. The van der Waals surface area contributed by atoms with Crippen LogP contribution >= 0.6 is 11.8 Å². The Labute approximate surface area is 103 Å². The monoisotopic (exact) mass is 269 g/mol. The van der Waals surface area contributed by atoms with E-state index >= 15 is 0 Å². The molecule has 0 spiro atoms. The van der Waals surface area contributed by atoms with Crippen molar-refractivity contribution in [3.05, 3.63) is 0 Å². The van der Waals surface area contributed by atoms with Crippen molar-refractivity contribution < 1.29 is 8.42 Å². The highest BCUT2D eigenvalue weighted by molar-refractivity contribution is 8.00. The van der Waals surface area contributed by atoms with E-state index in [9.17, 15) is 8.42 Å². The second-order valence-electron chi connectivity index (χ2n) is 4.25. The quantitative estimate of drug-likeness (QED) is 0.662. The minimum Gasteiger partial charge on any atom is -0.330 e. The first-order chi connectivity index (χ1) is 7.25. The van der Waals surface area contributed by atoms with Crippen LogP contribution in [0.5, 0.6) is 0 Å². The third kappa shape index (κ3) is 6.05. The summed E-state index contributed by atoms with van der Waals surface area (Å²) in [6.07, 6.45) is 2.63. The Morgan fingerprint density at radius 2 is 2.00 bits per heavy atom. The van der Waals surface area contributed by atoms with Crippen LogP contribution in [0.1, 0.15) is 20.3 Å². The summed E-state index contributed by atoms with van der Waals surface area (Å²) in [5.41, 5.74) is 5.34. The topological polar surface area (TPSA) is 75.4 Å². The minimum atomic E-state index is -3.36. The second kappa shape index (κ2) is 6.80. The molecule has 0 saturated heterocycles. The summed E-state index contributed by atoms with van der Waals surface area (Å²) in [6, 6.07) is 0. The Balaban J connectivity index is 4.24. The van der Waals surface area contributed by atoms with Crippen molar-refractivity contribution in [2.75, 3.05) is 32.9 Å². The standard InChI is InChI=1S/C9H23N3O2S2/c1-9(2,15-4)8-11-16(13,14)12(3)7-5-6-10/h11H,5-8,10H2,1-4H3. The second-order valence-corrected chi connectivity index (χ2v) is 7.63. The number of hydrogen-bond donors (Lipinski definition) is 2. The molecule has 0 radical (unpaired) electrons. The molecule has 0 aliphatic rings. The molecule has 0 aromatic heterocycles. The predicted octanol–water partition coefficient (Wildman–Crippen LogP) is 0.243. The molecule has 0 aromatic carbocycles. The predicted molar refractivity (Wildman–Crippen MR) is 70.8 cm³/mol. The third-order valence-electron chi connectivity index (χ3n) is 2.32. The van der Waals surface area contributed by atoms with Crippen LogP contribution in [-0.2, 0) is 10.2 Å². The van der Waals surface area contributed by atoms with Gasteiger partial charge in [-0.1, -0.05) is 0 Å². The lowest BCUT2D eigenvalue weighted by molar-refractivity contribution is 0.450. The Kier molecular flexibility index (Phi) is 6.88. The van der Waals surface area contributed by atoms with E-state index in [4.69, 9.17) is 5.73 Å². The summed E-state index contributed by atoms with van der Waals surface area (Å²) in [5, 5.41) is 0. The molecule has 7 heteroatoms. The molecule has 0 unspecified atom stereocenters. The lowest BCUT2D eigenvalue weighted by Gasteiger charge is -2.24. The van der Waals surface area contributed by atoms with Crippen LogP contribution in [0.4, 0.5) is 0 Å². The molecule has 0 heterocycles. The lowest BCUT2D eigenvalue weighted by Crippen LogP contribution is -2.44. The molecule has 98 valence electrons. The Hall–Kier alpha value is 0.180. The van der Waals surface area contributed by atoms with Crippen molar-refractivity contribution in [1.29, 1.82) is 0 Å². The van der Waals surface area contributed by atoms with Crippen molar-refractivity contribution in [3.8, 4) is 0 Å². The first-order valence-electron chi connectivity index (χ1n) is 5.21. The van der Waals surface area contributed by atoms with Crippen LogP contribution in [0.2, 0.25) is 0 Å². The van der Waals surface area contributed by atoms with Gasteiger partial charge in [-0.05, 0) is 33.1 Å². The number of nitrogens with two attached hydrogens (primary N) is 1. The van der Waals surface area contributed by atoms with Gasteiger partial charge in [-0.3, -0.25) is 0 Å². The molecule has 0 aliphatic carbocycles. The van der Waals surface area contributed by atoms with Gasteiger partial charge in [0.25, 0.3) is 10.2 Å². The van der Waals surface area contributed by atoms with Crippen molar-refractivity contribution in [2.45, 2.75) is 25.0 Å². The van der Waals surface area contributed by atoms with Crippen LogP contribution < -0.4 is 10.5 Å². The van der Waals surface area contributed by atoms with E-state index in [1.54, 1.807) is 18.8 Å². The molecule has 0 fully saturated rings. The van der Waals surface area contributed by atoms with Gasteiger partial charge in [-0.25, -0.2) is 4.72 Å². The molecule has 3 N–H and O–H groups in total. The maximum atomic E-state index is 11.8. The fourth-order valence-corrected chi connectivity index (χ4v) is 2.32. The summed E-state index contributed by atoms with van der Waals surface area (Å²) in [5.74, 6) is 0. The molecule has 5 nitrogen and oxygen atoms in total. The molecular weight excluding hydrogens is 246 g/mol. The fourth-order valence-electron chi connectivity index (χ4n) is 0.881. The molecular formula is C9H23N3O2S2. The summed E-state index contributed by atoms with van der Waals surface area (Å²) in [4.78, 5) is 0. The van der Waals surface area contributed by atoms with E-state index in [2.05, 4.69) is 4.72 Å². The highest BCUT2D eigenvalue weighted by atomic mass is 32.2. The van der Waals surface area contributed by atoms with Crippen molar-refractivity contribution in [1.82, 2.24) is 9.03 Å². The van der Waals surface area contributed by atoms with Gasteiger partial charge in [0.15, 0.2) is 0 Å². The lowest BCUT2D eigenvalue weighted by atomic mass is 10.2. The van der Waals surface area contributed by atoms with Gasteiger partial charge in [-0.2, -0.15) is 24.5 Å². The van der Waals surface area contributed by atoms with E-state index in [-0.39, 0.29) is 4.75 Å². The average molecular weight is 269 g/mol. The number of nitrogens with zero attached hydrogens (tertiary/aromatic N) is 1. The zero-order chi connectivity index (χ0) is 12.8. The smallest absolute Gasteiger partial charge is 0.279 e. The highest BCUT2D eigenvalue weighted by Gasteiger charge is 2.22. The summed E-state index contributed by atoms with van der Waals surface area (Å²) in [7, 11) is -1.80. The van der Waals surface area contributed by atoms with Crippen molar-refractivity contribution in [3.63, 3.8) is 0 Å². The maximum Gasteiger partial charge on any atom is 0.279 e. The Morgan fingerprint density at radius 1 is 1.44 bits per heavy atom. The van der Waals surface area contributed by atoms with Gasteiger partial charge in [0.1, 0.15) is 0 Å². The average Bonchev–Trinajstić information content (AvgIpc) is 2.23. The van der Waals surface area contributed by atoms with Gasteiger partial charge in [0.2, 0.25) is 0 Å². The van der Waals surface area contributed by atoms with E-state index < -0.39 is 10.2 Å². The van der Waals surface area contributed by atoms with Gasteiger partial charge in [0, 0.05) is 24.9 Å². The molecule has 0 rings (SSSR count). The van der Waals surface area contributed by atoms with E-state index in [0.29, 0.717) is 26.1 Å². The number of nitrogens with one attached hydrogen (secondary N) is 1. The highest BCUT2D eigenvalue weighted by Crippen LogP contribution is 2.19. The molecule has 0 amide bonds. The molecule has 16 heavy (non-hydrogen) atoms. The molecule has 0 aliphatic heterocycles. The minimum absolute atomic E-state index is 0.0955. The van der Waals surface area contributed by atoms with E-state index in [1.165, 1.54) is 4.31 Å². The van der Waals surface area contributed by atoms with Crippen LogP contribution in [0, 0.1) is 0 Å². The number of hydrogen-bond acceptors (Lipinski definition) is 4. The first kappa shape index (κ1) is 16.2. The normalized spacial score (nSPS) is 13.4. The Bertz CT molecular complexity index is 291. The molecule has 0 bridgehead atoms. The van der Waals surface area contributed by atoms with E-state index in [0.717, 1.165) is 0 Å². The number of rotatable bonds is 8. The Morgan fingerprint density at radius 3 is 2.44 bits per heavy atom. The maximum absolute atomic E-state index is 11.8. The van der Waals surface area contributed by atoms with Crippen LogP contribution in [-0.4, -0.2) is 50.4 Å².